The Hall–Kier alpha value is -0.660. The fourth-order valence-corrected chi connectivity index (χ4v) is 3.75. The van der Waals surface area contributed by atoms with Gasteiger partial charge in [0.05, 0.1) is 6.26 Å². The molecule has 1 unspecified atom stereocenters. The van der Waals surface area contributed by atoms with Gasteiger partial charge in [0, 0.05) is 44.6 Å². The minimum atomic E-state index is -3.13. The zero-order chi connectivity index (χ0) is 14.0. The Morgan fingerprint density at radius 3 is 2.32 bits per heavy atom. The van der Waals surface area contributed by atoms with E-state index in [0.717, 1.165) is 13.0 Å². The van der Waals surface area contributed by atoms with E-state index in [4.69, 9.17) is 5.11 Å². The van der Waals surface area contributed by atoms with Gasteiger partial charge in [-0.05, 0) is 19.3 Å². The molecular formula is C12H22N2O4S. The molecule has 110 valence electrons. The van der Waals surface area contributed by atoms with Gasteiger partial charge in [-0.1, -0.05) is 0 Å². The maximum Gasteiger partial charge on any atom is 0.225 e. The van der Waals surface area contributed by atoms with Gasteiger partial charge in [-0.3, -0.25) is 4.79 Å². The molecule has 2 fully saturated rings. The number of carbonyl (C=O) groups excluding carboxylic acids is 1. The van der Waals surface area contributed by atoms with Crippen LogP contribution < -0.4 is 0 Å². The van der Waals surface area contributed by atoms with Crippen molar-refractivity contribution in [1.82, 2.24) is 9.21 Å². The fourth-order valence-electron chi connectivity index (χ4n) is 2.87. The van der Waals surface area contributed by atoms with Crippen molar-refractivity contribution in [2.75, 3.05) is 39.0 Å². The van der Waals surface area contributed by atoms with Gasteiger partial charge in [-0.15, -0.1) is 0 Å². The van der Waals surface area contributed by atoms with Crippen molar-refractivity contribution in [3.8, 4) is 0 Å². The van der Waals surface area contributed by atoms with Crippen molar-refractivity contribution >= 4 is 15.9 Å². The second-order valence-electron chi connectivity index (χ2n) is 5.56. The summed E-state index contributed by atoms with van der Waals surface area (Å²) in [5.74, 6) is 0.277. The standard InChI is InChI=1S/C12H22N2O4S/c1-19(17,18)14-6-3-11(4-7-14)12(16)13-5-2-10(8-13)9-15/h10-11,15H,2-9H2,1H3. The zero-order valence-corrected chi connectivity index (χ0v) is 12.1. The second-order valence-corrected chi connectivity index (χ2v) is 7.54. The van der Waals surface area contributed by atoms with Crippen molar-refractivity contribution in [2.45, 2.75) is 19.3 Å². The first-order chi connectivity index (χ1) is 8.91. The molecule has 0 aromatic carbocycles. The van der Waals surface area contributed by atoms with Crippen LogP contribution in [0.5, 0.6) is 0 Å². The number of hydrogen-bond acceptors (Lipinski definition) is 4. The highest BCUT2D eigenvalue weighted by atomic mass is 32.2. The van der Waals surface area contributed by atoms with Gasteiger partial charge < -0.3 is 10.0 Å². The van der Waals surface area contributed by atoms with E-state index >= 15 is 0 Å². The number of carbonyl (C=O) groups is 1. The maximum atomic E-state index is 12.3. The molecule has 2 rings (SSSR count). The monoisotopic (exact) mass is 290 g/mol. The highest BCUT2D eigenvalue weighted by Gasteiger charge is 2.34. The molecule has 0 aliphatic carbocycles. The van der Waals surface area contributed by atoms with E-state index in [0.29, 0.717) is 32.5 Å². The van der Waals surface area contributed by atoms with E-state index in [1.807, 2.05) is 4.90 Å². The van der Waals surface area contributed by atoms with E-state index in [1.54, 1.807) is 0 Å². The van der Waals surface area contributed by atoms with Crippen LogP contribution >= 0.6 is 0 Å². The summed E-state index contributed by atoms with van der Waals surface area (Å²) in [6.45, 7) is 2.37. The van der Waals surface area contributed by atoms with Gasteiger partial charge in [0.15, 0.2) is 0 Å². The molecule has 0 aromatic rings. The minimum Gasteiger partial charge on any atom is -0.396 e. The molecule has 2 heterocycles. The van der Waals surface area contributed by atoms with Gasteiger partial charge >= 0.3 is 0 Å². The largest absolute Gasteiger partial charge is 0.396 e. The lowest BCUT2D eigenvalue weighted by molar-refractivity contribution is -0.135. The molecule has 2 saturated heterocycles. The fraction of sp³-hybridized carbons (Fsp3) is 0.917. The van der Waals surface area contributed by atoms with Crippen LogP contribution in [-0.4, -0.2) is 67.7 Å². The molecule has 1 N–H and O–H groups in total. The molecule has 0 aromatic heterocycles. The minimum absolute atomic E-state index is 0.0598. The van der Waals surface area contributed by atoms with E-state index in [1.165, 1.54) is 10.6 Å². The predicted molar refractivity (Wildman–Crippen MR) is 70.9 cm³/mol. The molecule has 0 saturated carbocycles. The lowest BCUT2D eigenvalue weighted by Crippen LogP contribution is -2.43. The number of hydrogen-bond donors (Lipinski definition) is 1. The quantitative estimate of drug-likeness (QED) is 0.760. The SMILES string of the molecule is CS(=O)(=O)N1CCC(C(=O)N2CCC(CO)C2)CC1. The maximum absolute atomic E-state index is 12.3. The summed E-state index contributed by atoms with van der Waals surface area (Å²) < 4.78 is 24.2. The van der Waals surface area contributed by atoms with Gasteiger partial charge in [0.2, 0.25) is 15.9 Å². The van der Waals surface area contributed by atoms with Crippen LogP contribution in [0.4, 0.5) is 0 Å². The molecule has 6 nitrogen and oxygen atoms in total. The first kappa shape index (κ1) is 14.7. The van der Waals surface area contributed by atoms with Crippen molar-refractivity contribution in [2.24, 2.45) is 11.8 Å². The lowest BCUT2D eigenvalue weighted by atomic mass is 9.96. The van der Waals surface area contributed by atoms with Crippen LogP contribution in [0.1, 0.15) is 19.3 Å². The number of aliphatic hydroxyl groups excluding tert-OH is 1. The molecule has 2 aliphatic heterocycles. The van der Waals surface area contributed by atoms with Crippen LogP contribution in [0.2, 0.25) is 0 Å². The number of rotatable bonds is 3. The predicted octanol–water partition coefficient (Wildman–Crippen LogP) is -0.501. The zero-order valence-electron chi connectivity index (χ0n) is 11.3. The highest BCUT2D eigenvalue weighted by Crippen LogP contribution is 2.24. The third-order valence-electron chi connectivity index (χ3n) is 4.13. The summed E-state index contributed by atoms with van der Waals surface area (Å²) in [5.41, 5.74) is 0. The smallest absolute Gasteiger partial charge is 0.225 e. The van der Waals surface area contributed by atoms with Crippen molar-refractivity contribution in [3.63, 3.8) is 0 Å². The average molecular weight is 290 g/mol. The Morgan fingerprint density at radius 2 is 1.84 bits per heavy atom. The summed E-state index contributed by atoms with van der Waals surface area (Å²) in [5, 5.41) is 9.09. The summed E-state index contributed by atoms with van der Waals surface area (Å²) in [4.78, 5) is 14.1. The first-order valence-corrected chi connectivity index (χ1v) is 8.61. The van der Waals surface area contributed by atoms with Gasteiger partial charge in [-0.25, -0.2) is 12.7 Å². The Labute approximate surface area is 114 Å². The lowest BCUT2D eigenvalue weighted by Gasteiger charge is -2.31. The molecule has 1 atom stereocenters. The summed E-state index contributed by atoms with van der Waals surface area (Å²) in [6, 6.07) is 0. The summed E-state index contributed by atoms with van der Waals surface area (Å²) in [6.07, 6.45) is 3.28. The second kappa shape index (κ2) is 5.76. The van der Waals surface area contributed by atoms with Crippen LogP contribution in [0.15, 0.2) is 0 Å². The molecule has 0 bridgehead atoms. The average Bonchev–Trinajstić information content (AvgIpc) is 2.86. The number of amides is 1. The van der Waals surface area contributed by atoms with Crippen LogP contribution in [0.25, 0.3) is 0 Å². The normalized spacial score (nSPS) is 26.8. The van der Waals surface area contributed by atoms with Crippen LogP contribution in [0, 0.1) is 11.8 Å². The molecule has 2 aliphatic rings. The number of aliphatic hydroxyl groups is 1. The van der Waals surface area contributed by atoms with Crippen LogP contribution in [0.3, 0.4) is 0 Å². The number of piperidine rings is 1. The number of nitrogens with zero attached hydrogens (tertiary/aromatic N) is 2. The Bertz CT molecular complexity index is 429. The molecular weight excluding hydrogens is 268 g/mol. The Balaban J connectivity index is 1.86. The molecule has 7 heteroatoms. The molecule has 0 spiro atoms. The van der Waals surface area contributed by atoms with Crippen molar-refractivity contribution < 1.29 is 18.3 Å². The van der Waals surface area contributed by atoms with E-state index in [-0.39, 0.29) is 24.3 Å². The molecule has 0 radical (unpaired) electrons. The Kier molecular flexibility index (Phi) is 4.47. The third kappa shape index (κ3) is 3.46. The van der Waals surface area contributed by atoms with E-state index < -0.39 is 10.0 Å². The molecule has 1 amide bonds. The number of likely N-dealkylation sites (tertiary alicyclic amines) is 1. The van der Waals surface area contributed by atoms with Crippen LogP contribution in [-0.2, 0) is 14.8 Å². The van der Waals surface area contributed by atoms with E-state index in [2.05, 4.69) is 0 Å². The topological polar surface area (TPSA) is 77.9 Å². The van der Waals surface area contributed by atoms with Crippen molar-refractivity contribution in [1.29, 1.82) is 0 Å². The number of sulfonamides is 1. The van der Waals surface area contributed by atoms with E-state index in [9.17, 15) is 13.2 Å². The Morgan fingerprint density at radius 1 is 1.21 bits per heavy atom. The summed E-state index contributed by atoms with van der Waals surface area (Å²) in [7, 11) is -3.13. The first-order valence-electron chi connectivity index (χ1n) is 6.76. The van der Waals surface area contributed by atoms with Gasteiger partial charge in [0.1, 0.15) is 0 Å². The molecule has 19 heavy (non-hydrogen) atoms. The summed E-state index contributed by atoms with van der Waals surface area (Å²) >= 11 is 0. The van der Waals surface area contributed by atoms with Gasteiger partial charge in [0.25, 0.3) is 0 Å². The highest BCUT2D eigenvalue weighted by molar-refractivity contribution is 7.88. The van der Waals surface area contributed by atoms with Gasteiger partial charge in [-0.2, -0.15) is 0 Å². The third-order valence-corrected chi connectivity index (χ3v) is 5.43. The van der Waals surface area contributed by atoms with Crippen molar-refractivity contribution in [3.05, 3.63) is 0 Å².